The van der Waals surface area contributed by atoms with Crippen molar-refractivity contribution in [2.45, 2.75) is 15.1 Å². The van der Waals surface area contributed by atoms with E-state index in [4.69, 9.17) is 15.9 Å². The highest BCUT2D eigenvalue weighted by molar-refractivity contribution is 9.08. The van der Waals surface area contributed by atoms with Crippen molar-refractivity contribution in [1.82, 2.24) is 0 Å². The summed E-state index contributed by atoms with van der Waals surface area (Å²) >= 11 is 7.12. The van der Waals surface area contributed by atoms with Crippen LogP contribution >= 0.6 is 39.2 Å². The lowest BCUT2D eigenvalue weighted by Gasteiger charge is -2.06. The van der Waals surface area contributed by atoms with Gasteiger partial charge in [-0.15, -0.1) is 12.6 Å². The van der Waals surface area contributed by atoms with Gasteiger partial charge in [-0.05, 0) is 12.1 Å². The maximum absolute atomic E-state index is 11.2. The summed E-state index contributed by atoms with van der Waals surface area (Å²) in [6.07, 6.45) is 0. The van der Waals surface area contributed by atoms with Crippen molar-refractivity contribution >= 4 is 48.3 Å². The second-order valence-corrected chi connectivity index (χ2v) is 6.26. The van der Waals surface area contributed by atoms with Gasteiger partial charge in [0, 0.05) is 26.5 Å². The first kappa shape index (κ1) is 12.8. The molecule has 0 atom stereocenters. The molecule has 0 aliphatic heterocycles. The SMILES string of the molecule is N#Cc1cc(S)cc(S(=O)(=O)Cl)c1CBr. The van der Waals surface area contributed by atoms with E-state index in [1.165, 1.54) is 12.1 Å². The van der Waals surface area contributed by atoms with Crippen molar-refractivity contribution in [1.29, 1.82) is 5.26 Å². The zero-order chi connectivity index (χ0) is 11.6. The minimum absolute atomic E-state index is 0.0786. The van der Waals surface area contributed by atoms with Crippen molar-refractivity contribution in [2.24, 2.45) is 0 Å². The Morgan fingerprint density at radius 3 is 2.53 bits per heavy atom. The molecule has 80 valence electrons. The Morgan fingerprint density at radius 2 is 2.13 bits per heavy atom. The first-order valence-corrected chi connectivity index (χ1v) is 7.54. The summed E-state index contributed by atoms with van der Waals surface area (Å²) in [5, 5.41) is 9.06. The average molecular weight is 327 g/mol. The summed E-state index contributed by atoms with van der Waals surface area (Å²) in [7, 11) is 1.39. The molecule has 0 aliphatic carbocycles. The van der Waals surface area contributed by atoms with Crippen LogP contribution in [-0.4, -0.2) is 8.42 Å². The lowest BCUT2D eigenvalue weighted by molar-refractivity contribution is 0.608. The summed E-state index contributed by atoms with van der Waals surface area (Å²) in [4.78, 5) is 0.306. The van der Waals surface area contributed by atoms with Crippen LogP contribution in [0.15, 0.2) is 21.9 Å². The van der Waals surface area contributed by atoms with Crippen LogP contribution in [-0.2, 0) is 14.4 Å². The zero-order valence-electron chi connectivity index (χ0n) is 7.24. The van der Waals surface area contributed by atoms with E-state index in [1.807, 2.05) is 6.07 Å². The number of halogens is 2. The maximum atomic E-state index is 11.2. The van der Waals surface area contributed by atoms with Gasteiger partial charge in [-0.3, -0.25) is 0 Å². The molecule has 0 unspecified atom stereocenters. The predicted octanol–water partition coefficient (Wildman–Crippen LogP) is 2.67. The van der Waals surface area contributed by atoms with E-state index in [9.17, 15) is 8.42 Å². The van der Waals surface area contributed by atoms with Gasteiger partial charge in [-0.1, -0.05) is 15.9 Å². The topological polar surface area (TPSA) is 57.9 Å². The molecule has 0 aromatic heterocycles. The Hall–Kier alpha value is -0.220. The maximum Gasteiger partial charge on any atom is 0.261 e. The third-order valence-electron chi connectivity index (χ3n) is 1.71. The summed E-state index contributed by atoms with van der Waals surface area (Å²) in [6, 6.07) is 4.71. The fraction of sp³-hybridized carbons (Fsp3) is 0.125. The Bertz CT molecular complexity index is 536. The van der Waals surface area contributed by atoms with Crippen LogP contribution < -0.4 is 0 Å². The molecule has 0 saturated carbocycles. The lowest BCUT2D eigenvalue weighted by Crippen LogP contribution is -1.99. The fourth-order valence-electron chi connectivity index (χ4n) is 1.09. The highest BCUT2D eigenvalue weighted by Gasteiger charge is 2.18. The Morgan fingerprint density at radius 1 is 1.53 bits per heavy atom. The molecule has 0 saturated heterocycles. The van der Waals surface area contributed by atoms with Crippen LogP contribution in [0, 0.1) is 11.3 Å². The van der Waals surface area contributed by atoms with Crippen LogP contribution in [0.2, 0.25) is 0 Å². The molecular weight excluding hydrogens is 322 g/mol. The quantitative estimate of drug-likeness (QED) is 0.516. The van der Waals surface area contributed by atoms with E-state index in [0.29, 0.717) is 10.5 Å². The molecule has 3 nitrogen and oxygen atoms in total. The third-order valence-corrected chi connectivity index (χ3v) is 3.92. The van der Waals surface area contributed by atoms with Crippen LogP contribution in [0.25, 0.3) is 0 Å². The minimum atomic E-state index is -3.86. The standard InChI is InChI=1S/C8H5BrClNO2S2/c9-3-7-5(4-11)1-6(14)2-8(7)15(10,12)13/h1-2,14H,3H2. The van der Waals surface area contributed by atoms with Gasteiger partial charge < -0.3 is 0 Å². The summed E-state index contributed by atoms with van der Waals surface area (Å²) in [5.41, 5.74) is 0.601. The van der Waals surface area contributed by atoms with Crippen molar-refractivity contribution < 1.29 is 8.42 Å². The number of alkyl halides is 1. The van der Waals surface area contributed by atoms with Gasteiger partial charge in [0.2, 0.25) is 0 Å². The van der Waals surface area contributed by atoms with Crippen LogP contribution in [0.5, 0.6) is 0 Å². The number of nitriles is 1. The number of benzene rings is 1. The van der Waals surface area contributed by atoms with Crippen molar-refractivity contribution in [3.63, 3.8) is 0 Å². The fourth-order valence-corrected chi connectivity index (χ4v) is 3.38. The number of hydrogen-bond donors (Lipinski definition) is 1. The molecule has 0 aliphatic rings. The Balaban J connectivity index is 3.66. The van der Waals surface area contributed by atoms with Gasteiger partial charge in [-0.2, -0.15) is 5.26 Å². The molecular formula is C8H5BrClNO2S2. The molecule has 7 heteroatoms. The van der Waals surface area contributed by atoms with Crippen LogP contribution in [0.1, 0.15) is 11.1 Å². The first-order valence-electron chi connectivity index (χ1n) is 3.66. The Kier molecular flexibility index (Phi) is 4.06. The second kappa shape index (κ2) is 4.74. The number of nitrogens with zero attached hydrogens (tertiary/aromatic N) is 1. The van der Waals surface area contributed by atoms with E-state index in [0.717, 1.165) is 0 Å². The summed E-state index contributed by atoms with van der Waals surface area (Å²) in [5.74, 6) is 0. The molecule has 1 rings (SSSR count). The summed E-state index contributed by atoms with van der Waals surface area (Å²) in [6.45, 7) is 0. The van der Waals surface area contributed by atoms with E-state index in [2.05, 4.69) is 28.6 Å². The minimum Gasteiger partial charge on any atom is -0.207 e. The molecule has 15 heavy (non-hydrogen) atoms. The van der Waals surface area contributed by atoms with Gasteiger partial charge in [0.15, 0.2) is 0 Å². The van der Waals surface area contributed by atoms with E-state index in [1.54, 1.807) is 0 Å². The molecule has 0 radical (unpaired) electrons. The molecule has 0 N–H and O–H groups in total. The van der Waals surface area contributed by atoms with E-state index in [-0.39, 0.29) is 15.8 Å². The first-order chi connectivity index (χ1) is 6.90. The highest BCUT2D eigenvalue weighted by atomic mass is 79.9. The number of thiol groups is 1. The van der Waals surface area contributed by atoms with Gasteiger partial charge in [0.25, 0.3) is 9.05 Å². The highest BCUT2D eigenvalue weighted by Crippen LogP contribution is 2.28. The van der Waals surface area contributed by atoms with Gasteiger partial charge >= 0.3 is 0 Å². The summed E-state index contributed by atoms with van der Waals surface area (Å²) < 4.78 is 22.5. The van der Waals surface area contributed by atoms with E-state index < -0.39 is 9.05 Å². The Labute approximate surface area is 106 Å². The molecule has 1 aromatic rings. The monoisotopic (exact) mass is 325 g/mol. The molecule has 0 spiro atoms. The largest absolute Gasteiger partial charge is 0.261 e. The van der Waals surface area contributed by atoms with Gasteiger partial charge in [0.1, 0.15) is 0 Å². The van der Waals surface area contributed by atoms with Gasteiger partial charge in [-0.25, -0.2) is 8.42 Å². The van der Waals surface area contributed by atoms with E-state index >= 15 is 0 Å². The smallest absolute Gasteiger partial charge is 0.207 e. The molecule has 0 bridgehead atoms. The molecule has 0 fully saturated rings. The van der Waals surface area contributed by atoms with Crippen molar-refractivity contribution in [3.8, 4) is 6.07 Å². The van der Waals surface area contributed by atoms with Crippen LogP contribution in [0.4, 0.5) is 0 Å². The predicted molar refractivity (Wildman–Crippen MR) is 64.1 cm³/mol. The average Bonchev–Trinajstić information content (AvgIpc) is 2.15. The normalized spacial score (nSPS) is 11.1. The van der Waals surface area contributed by atoms with Gasteiger partial charge in [0.05, 0.1) is 16.5 Å². The second-order valence-electron chi connectivity index (χ2n) is 2.65. The van der Waals surface area contributed by atoms with Crippen LogP contribution in [0.3, 0.4) is 0 Å². The molecule has 1 aromatic carbocycles. The lowest BCUT2D eigenvalue weighted by atomic mass is 10.1. The van der Waals surface area contributed by atoms with Crippen molar-refractivity contribution in [2.75, 3.05) is 0 Å². The third kappa shape index (κ3) is 2.88. The van der Waals surface area contributed by atoms with Crippen molar-refractivity contribution in [3.05, 3.63) is 23.3 Å². The molecule has 0 heterocycles. The molecule has 0 amide bonds. The zero-order valence-corrected chi connectivity index (χ0v) is 11.3. The number of hydrogen-bond acceptors (Lipinski definition) is 4. The number of rotatable bonds is 2.